The fourth-order valence-electron chi connectivity index (χ4n) is 4.56. The molecule has 2 heterocycles. The van der Waals surface area contributed by atoms with E-state index in [-0.39, 0.29) is 17.7 Å². The molecule has 1 aliphatic carbocycles. The summed E-state index contributed by atoms with van der Waals surface area (Å²) in [6.45, 7) is 1.79. The number of rotatable bonds is 4. The van der Waals surface area contributed by atoms with Crippen LogP contribution in [0.3, 0.4) is 0 Å². The fraction of sp³-hybridized carbons (Fsp3) is 0.320. The quantitative estimate of drug-likeness (QED) is 0.559. The van der Waals surface area contributed by atoms with Gasteiger partial charge in [0, 0.05) is 42.3 Å². The lowest BCUT2D eigenvalue weighted by Crippen LogP contribution is -2.50. The average Bonchev–Trinajstić information content (AvgIpc) is 3.44. The number of nitrogens with zero attached hydrogens (tertiary/aromatic N) is 3. The molecule has 0 bridgehead atoms. The topological polar surface area (TPSA) is 65.5 Å². The molecule has 2 amide bonds. The van der Waals surface area contributed by atoms with Crippen molar-refractivity contribution in [2.45, 2.75) is 24.9 Å². The lowest BCUT2D eigenvalue weighted by molar-refractivity contribution is -0.137. The number of alkyl halides is 3. The SMILES string of the molecule is O=C(Nc1nc2c(s1)CCC2C(=O)N1CCN(c2cccc(C(F)(F)F)c2)CC1)c1ccccc1. The van der Waals surface area contributed by atoms with Crippen LogP contribution >= 0.6 is 11.3 Å². The summed E-state index contributed by atoms with van der Waals surface area (Å²) in [5.74, 6) is -0.617. The normalized spacial score (nSPS) is 17.9. The maximum absolute atomic E-state index is 13.3. The molecular formula is C25H23F3N4O2S. The van der Waals surface area contributed by atoms with Crippen LogP contribution in [0.25, 0.3) is 0 Å². The van der Waals surface area contributed by atoms with Crippen molar-refractivity contribution < 1.29 is 22.8 Å². The molecule has 1 N–H and O–H groups in total. The Hall–Kier alpha value is -3.40. The first kappa shape index (κ1) is 23.3. The molecule has 0 saturated carbocycles. The van der Waals surface area contributed by atoms with Crippen LogP contribution in [-0.4, -0.2) is 47.9 Å². The van der Waals surface area contributed by atoms with E-state index in [0.717, 1.165) is 29.1 Å². The number of carbonyl (C=O) groups is 2. The van der Waals surface area contributed by atoms with Gasteiger partial charge >= 0.3 is 6.18 Å². The zero-order valence-electron chi connectivity index (χ0n) is 18.7. The van der Waals surface area contributed by atoms with Gasteiger partial charge < -0.3 is 9.80 Å². The van der Waals surface area contributed by atoms with E-state index in [1.165, 1.54) is 17.4 Å². The average molecular weight is 501 g/mol. The number of benzene rings is 2. The fourth-order valence-corrected chi connectivity index (χ4v) is 5.60. The molecule has 1 fully saturated rings. The Bertz CT molecular complexity index is 1240. The number of halogens is 3. The third-order valence-corrected chi connectivity index (χ3v) is 7.45. The number of aryl methyl sites for hydroxylation is 1. The molecule has 2 aliphatic rings. The van der Waals surface area contributed by atoms with E-state index in [2.05, 4.69) is 10.3 Å². The minimum absolute atomic E-state index is 0.0151. The lowest BCUT2D eigenvalue weighted by Gasteiger charge is -2.37. The van der Waals surface area contributed by atoms with Gasteiger partial charge in [0.2, 0.25) is 5.91 Å². The maximum atomic E-state index is 13.3. The number of fused-ring (bicyclic) bond motifs is 1. The summed E-state index contributed by atoms with van der Waals surface area (Å²) >= 11 is 1.40. The van der Waals surface area contributed by atoms with Gasteiger partial charge in [0.05, 0.1) is 17.2 Å². The molecule has 6 nitrogen and oxygen atoms in total. The summed E-state index contributed by atoms with van der Waals surface area (Å²) < 4.78 is 39.2. The lowest BCUT2D eigenvalue weighted by atomic mass is 10.0. The number of hydrogen-bond acceptors (Lipinski definition) is 5. The standard InChI is InChI=1S/C25H23F3N4O2S/c26-25(27,28)17-7-4-8-18(15-17)31-11-13-32(14-12-31)23(34)19-9-10-20-21(19)29-24(35-20)30-22(33)16-5-2-1-3-6-16/h1-8,15,19H,9-14H2,(H,29,30,33). The van der Waals surface area contributed by atoms with Crippen LogP contribution in [0, 0.1) is 0 Å². The molecule has 1 aliphatic heterocycles. The Labute approximate surface area is 204 Å². The van der Waals surface area contributed by atoms with Crippen molar-refractivity contribution in [1.29, 1.82) is 0 Å². The molecule has 5 rings (SSSR count). The van der Waals surface area contributed by atoms with Crippen LogP contribution in [0.15, 0.2) is 54.6 Å². The van der Waals surface area contributed by atoms with E-state index in [0.29, 0.717) is 49.0 Å². The first-order chi connectivity index (χ1) is 16.8. The van der Waals surface area contributed by atoms with E-state index >= 15 is 0 Å². The number of hydrogen-bond donors (Lipinski definition) is 1. The molecule has 1 aromatic heterocycles. The predicted octanol–water partition coefficient (Wildman–Crippen LogP) is 4.79. The van der Waals surface area contributed by atoms with Gasteiger partial charge in [-0.05, 0) is 43.2 Å². The summed E-state index contributed by atoms with van der Waals surface area (Å²) in [5.41, 5.74) is 1.09. The van der Waals surface area contributed by atoms with Gasteiger partial charge in [-0.2, -0.15) is 13.2 Å². The van der Waals surface area contributed by atoms with Gasteiger partial charge in [0.1, 0.15) is 0 Å². The summed E-state index contributed by atoms with van der Waals surface area (Å²) in [6.07, 6.45) is -2.98. The Morgan fingerprint density at radius 2 is 1.74 bits per heavy atom. The van der Waals surface area contributed by atoms with E-state index in [1.807, 2.05) is 11.0 Å². The molecule has 0 radical (unpaired) electrons. The van der Waals surface area contributed by atoms with Crippen LogP contribution in [-0.2, 0) is 17.4 Å². The molecule has 1 atom stereocenters. The smallest absolute Gasteiger partial charge is 0.368 e. The highest BCUT2D eigenvalue weighted by Gasteiger charge is 2.37. The molecule has 2 aromatic carbocycles. The number of nitrogens with one attached hydrogen (secondary N) is 1. The van der Waals surface area contributed by atoms with Gasteiger partial charge in [-0.3, -0.25) is 14.9 Å². The van der Waals surface area contributed by atoms with Crippen LogP contribution in [0.2, 0.25) is 0 Å². The van der Waals surface area contributed by atoms with Crippen LogP contribution in [0.5, 0.6) is 0 Å². The van der Waals surface area contributed by atoms with E-state index in [1.54, 1.807) is 35.2 Å². The van der Waals surface area contributed by atoms with Gasteiger partial charge in [0.15, 0.2) is 5.13 Å². The Kier molecular flexibility index (Phi) is 6.22. The summed E-state index contributed by atoms with van der Waals surface area (Å²) in [7, 11) is 0. The molecule has 3 aromatic rings. The molecular weight excluding hydrogens is 477 g/mol. The van der Waals surface area contributed by atoms with Crippen molar-refractivity contribution in [2.75, 3.05) is 36.4 Å². The highest BCUT2D eigenvalue weighted by atomic mass is 32.1. The number of thiazole rings is 1. The number of carbonyl (C=O) groups excluding carboxylic acids is 2. The predicted molar refractivity (Wildman–Crippen MR) is 128 cm³/mol. The monoisotopic (exact) mass is 500 g/mol. The molecule has 0 spiro atoms. The maximum Gasteiger partial charge on any atom is 0.416 e. The highest BCUT2D eigenvalue weighted by Crippen LogP contribution is 2.39. The van der Waals surface area contributed by atoms with Crippen molar-refractivity contribution in [2.24, 2.45) is 0 Å². The first-order valence-corrected chi connectivity index (χ1v) is 12.2. The summed E-state index contributed by atoms with van der Waals surface area (Å²) in [4.78, 5) is 34.9. The van der Waals surface area contributed by atoms with Crippen molar-refractivity contribution in [3.05, 3.63) is 76.3 Å². The molecule has 35 heavy (non-hydrogen) atoms. The zero-order chi connectivity index (χ0) is 24.6. The summed E-state index contributed by atoms with van der Waals surface area (Å²) in [6, 6.07) is 14.2. The minimum Gasteiger partial charge on any atom is -0.368 e. The van der Waals surface area contributed by atoms with E-state index in [9.17, 15) is 22.8 Å². The highest BCUT2D eigenvalue weighted by molar-refractivity contribution is 7.16. The zero-order valence-corrected chi connectivity index (χ0v) is 19.5. The van der Waals surface area contributed by atoms with Crippen molar-refractivity contribution >= 4 is 34.0 Å². The first-order valence-electron chi connectivity index (χ1n) is 11.4. The summed E-state index contributed by atoms with van der Waals surface area (Å²) in [5, 5.41) is 3.30. The van der Waals surface area contributed by atoms with Crippen LogP contribution < -0.4 is 10.2 Å². The van der Waals surface area contributed by atoms with Crippen LogP contribution in [0.1, 0.15) is 38.8 Å². The van der Waals surface area contributed by atoms with E-state index < -0.39 is 11.7 Å². The third kappa shape index (κ3) is 4.88. The number of aromatic nitrogens is 1. The Balaban J connectivity index is 1.22. The van der Waals surface area contributed by atoms with Gasteiger partial charge in [-0.15, -0.1) is 11.3 Å². The molecule has 1 saturated heterocycles. The van der Waals surface area contributed by atoms with Crippen molar-refractivity contribution in [3.8, 4) is 0 Å². The second-order valence-electron chi connectivity index (χ2n) is 8.60. The molecule has 1 unspecified atom stereocenters. The Morgan fingerprint density at radius 3 is 2.46 bits per heavy atom. The number of piperazine rings is 1. The van der Waals surface area contributed by atoms with Gasteiger partial charge in [-0.25, -0.2) is 4.98 Å². The van der Waals surface area contributed by atoms with Crippen LogP contribution in [0.4, 0.5) is 24.0 Å². The second-order valence-corrected chi connectivity index (χ2v) is 9.68. The van der Waals surface area contributed by atoms with Crippen molar-refractivity contribution in [1.82, 2.24) is 9.88 Å². The largest absolute Gasteiger partial charge is 0.416 e. The van der Waals surface area contributed by atoms with Gasteiger partial charge in [0.25, 0.3) is 5.91 Å². The van der Waals surface area contributed by atoms with Crippen molar-refractivity contribution in [3.63, 3.8) is 0 Å². The van der Waals surface area contributed by atoms with E-state index in [4.69, 9.17) is 0 Å². The minimum atomic E-state index is -4.39. The molecule has 182 valence electrons. The second kappa shape index (κ2) is 9.33. The number of anilines is 2. The number of amides is 2. The third-order valence-electron chi connectivity index (χ3n) is 6.40. The molecule has 10 heteroatoms. The van der Waals surface area contributed by atoms with Gasteiger partial charge in [-0.1, -0.05) is 24.3 Å². The Morgan fingerprint density at radius 1 is 1.00 bits per heavy atom.